The van der Waals surface area contributed by atoms with Crippen LogP contribution in [0.1, 0.15) is 459 Å². The highest BCUT2D eigenvalue weighted by molar-refractivity contribution is 7.47. The Kier molecular flexibility index (Phi) is 75.6. The van der Waals surface area contributed by atoms with E-state index < -0.39 is 97.5 Å². The molecule has 0 aliphatic heterocycles. The highest BCUT2D eigenvalue weighted by Crippen LogP contribution is 2.45. The summed E-state index contributed by atoms with van der Waals surface area (Å²) in [5.41, 5.74) is 0. The van der Waals surface area contributed by atoms with E-state index in [9.17, 15) is 43.2 Å². The molecule has 0 aromatic carbocycles. The van der Waals surface area contributed by atoms with Crippen LogP contribution in [0.5, 0.6) is 0 Å². The van der Waals surface area contributed by atoms with Gasteiger partial charge in [-0.25, -0.2) is 9.13 Å². The van der Waals surface area contributed by atoms with Crippen LogP contribution in [-0.4, -0.2) is 96.7 Å². The molecule has 0 heterocycles. The summed E-state index contributed by atoms with van der Waals surface area (Å²) in [6, 6.07) is 0. The molecule has 0 aromatic rings. The van der Waals surface area contributed by atoms with E-state index in [0.29, 0.717) is 25.7 Å². The number of unbranched alkanes of at least 4 members (excludes halogenated alkanes) is 52. The fraction of sp³-hybridized carbons (Fsp3) is 0.954. The molecule has 3 N–H and O–H groups in total. The second kappa shape index (κ2) is 77.0. The summed E-state index contributed by atoms with van der Waals surface area (Å²) in [6.07, 6.45) is 68.3. The summed E-state index contributed by atoms with van der Waals surface area (Å²) in [4.78, 5) is 73.1. The van der Waals surface area contributed by atoms with E-state index in [1.807, 2.05) is 0 Å². The van der Waals surface area contributed by atoms with Gasteiger partial charge in [0.1, 0.15) is 19.3 Å². The molecule has 17 nitrogen and oxygen atoms in total. The Morgan fingerprint density at radius 3 is 0.717 bits per heavy atom. The van der Waals surface area contributed by atoms with Gasteiger partial charge in [-0.1, -0.05) is 408 Å². The molecule has 3 unspecified atom stereocenters. The van der Waals surface area contributed by atoms with Crippen molar-refractivity contribution in [2.45, 2.75) is 478 Å². The minimum absolute atomic E-state index is 0.107. The van der Waals surface area contributed by atoms with Crippen molar-refractivity contribution >= 4 is 39.5 Å². The van der Waals surface area contributed by atoms with Crippen molar-refractivity contribution in [2.75, 3.05) is 39.6 Å². The van der Waals surface area contributed by atoms with Gasteiger partial charge < -0.3 is 33.8 Å². The number of phosphoric acid groups is 2. The van der Waals surface area contributed by atoms with Crippen LogP contribution in [0.25, 0.3) is 0 Å². The topological polar surface area (TPSA) is 237 Å². The van der Waals surface area contributed by atoms with Gasteiger partial charge in [-0.3, -0.25) is 37.3 Å². The number of esters is 4. The van der Waals surface area contributed by atoms with E-state index in [1.165, 1.54) is 257 Å². The molecule has 6 atom stereocenters. The smallest absolute Gasteiger partial charge is 0.462 e. The van der Waals surface area contributed by atoms with Crippen molar-refractivity contribution in [1.29, 1.82) is 0 Å². The largest absolute Gasteiger partial charge is 0.472 e. The number of phosphoric ester groups is 2. The Balaban J connectivity index is 5.16. The fourth-order valence-electron chi connectivity index (χ4n) is 13.5. The Bertz CT molecular complexity index is 2050. The van der Waals surface area contributed by atoms with Gasteiger partial charge >= 0.3 is 39.5 Å². The SMILES string of the molecule is CCCCCCCCCC(=O)OC[C@H](COP(=O)(O)OC[C@H](O)COP(=O)(O)OC[C@@H](COC(=O)CCCCCCCCCCCCCCCCCCCCC(C)C)OC(=O)CCCCCCCCCCCCCCCCCCCCC(C)CC)OC(=O)CCCCCCCCCCCCCCCC(C)C. The predicted octanol–water partition coefficient (Wildman–Crippen LogP) is 26.5. The van der Waals surface area contributed by atoms with Gasteiger partial charge in [0, 0.05) is 25.7 Å². The second-order valence-corrected chi connectivity index (χ2v) is 35.4. The maximum atomic E-state index is 13.1. The number of hydrogen-bond acceptors (Lipinski definition) is 15. The lowest BCUT2D eigenvalue weighted by Crippen LogP contribution is -2.30. The number of rotatable bonds is 85. The summed E-state index contributed by atoms with van der Waals surface area (Å²) in [6.45, 7) is 12.1. The van der Waals surface area contributed by atoms with E-state index in [0.717, 1.165) is 120 Å². The molecular weight excluding hydrogens is 1380 g/mol. The van der Waals surface area contributed by atoms with E-state index in [4.69, 9.17) is 37.0 Å². The maximum Gasteiger partial charge on any atom is 0.472 e. The molecule has 0 fully saturated rings. The molecule has 106 heavy (non-hydrogen) atoms. The van der Waals surface area contributed by atoms with E-state index >= 15 is 0 Å². The molecule has 19 heteroatoms. The highest BCUT2D eigenvalue weighted by Gasteiger charge is 2.31. The molecule has 0 bridgehead atoms. The van der Waals surface area contributed by atoms with Gasteiger partial charge in [-0.2, -0.15) is 0 Å². The van der Waals surface area contributed by atoms with Gasteiger partial charge in [-0.15, -0.1) is 0 Å². The van der Waals surface area contributed by atoms with Crippen LogP contribution < -0.4 is 0 Å². The second-order valence-electron chi connectivity index (χ2n) is 32.5. The number of hydrogen-bond donors (Lipinski definition) is 3. The van der Waals surface area contributed by atoms with E-state index in [-0.39, 0.29) is 25.7 Å². The monoisotopic (exact) mass is 1550 g/mol. The molecule has 0 aromatic heterocycles. The van der Waals surface area contributed by atoms with Crippen molar-refractivity contribution in [1.82, 2.24) is 0 Å². The summed E-state index contributed by atoms with van der Waals surface area (Å²) in [5, 5.41) is 10.7. The zero-order valence-corrected chi connectivity index (χ0v) is 71.7. The zero-order valence-electron chi connectivity index (χ0n) is 69.9. The maximum absolute atomic E-state index is 13.1. The lowest BCUT2D eigenvalue weighted by molar-refractivity contribution is -0.161. The number of aliphatic hydroxyl groups is 1. The molecular formula is C87H170O17P2. The third-order valence-electron chi connectivity index (χ3n) is 20.7. The average molecular weight is 1550 g/mol. The Morgan fingerprint density at radius 2 is 0.481 bits per heavy atom. The standard InChI is InChI=1S/C87H170O17P2/c1-8-10-11-12-44-54-61-68-84(89)97-74-82(103-86(91)71-64-57-50-43-37-31-25-27-33-39-46-52-59-66-79(5)6)76-101-105(93,94)99-72-81(88)73-100-106(95,96)102-77-83(75-98-85(90)69-62-55-48-41-35-29-23-19-15-13-17-21-26-32-38-45-51-58-65-78(3)4)104-87(92)70-63-56-49-42-36-30-24-20-16-14-18-22-28-34-40-47-53-60-67-80(7)9-2/h78-83,88H,8-77H2,1-7H3,(H,93,94)(H,95,96)/t80?,81-,82+,83+/m0/s1. The van der Waals surface area contributed by atoms with E-state index in [1.54, 1.807) is 0 Å². The minimum Gasteiger partial charge on any atom is -0.462 e. The van der Waals surface area contributed by atoms with Crippen molar-refractivity contribution in [3.05, 3.63) is 0 Å². The third kappa shape index (κ3) is 78.7. The molecule has 630 valence electrons. The molecule has 0 spiro atoms. The first-order valence-electron chi connectivity index (χ1n) is 44.9. The first-order valence-corrected chi connectivity index (χ1v) is 47.9. The first kappa shape index (κ1) is 104. The van der Waals surface area contributed by atoms with Gasteiger partial charge in [-0.05, 0) is 43.4 Å². The third-order valence-corrected chi connectivity index (χ3v) is 22.6. The summed E-state index contributed by atoms with van der Waals surface area (Å²) >= 11 is 0. The highest BCUT2D eigenvalue weighted by atomic mass is 31.2. The fourth-order valence-corrected chi connectivity index (χ4v) is 15.1. The van der Waals surface area contributed by atoms with Crippen molar-refractivity contribution in [2.24, 2.45) is 17.8 Å². The van der Waals surface area contributed by atoms with Crippen molar-refractivity contribution in [3.63, 3.8) is 0 Å². The Labute approximate surface area is 651 Å². The molecule has 0 rings (SSSR count). The number of ether oxygens (including phenoxy) is 4. The van der Waals surface area contributed by atoms with Gasteiger partial charge in [0.05, 0.1) is 26.4 Å². The summed E-state index contributed by atoms with van der Waals surface area (Å²) in [5.74, 6) is 0.372. The van der Waals surface area contributed by atoms with Crippen LogP contribution >= 0.6 is 15.6 Å². The molecule has 0 amide bonds. The number of carbonyl (C=O) groups excluding carboxylic acids is 4. The Hall–Kier alpha value is -1.94. The molecule has 0 aliphatic carbocycles. The van der Waals surface area contributed by atoms with Gasteiger partial charge in [0.25, 0.3) is 0 Å². The molecule has 0 saturated heterocycles. The molecule has 0 saturated carbocycles. The Morgan fingerprint density at radius 1 is 0.274 bits per heavy atom. The number of aliphatic hydroxyl groups excluding tert-OH is 1. The van der Waals surface area contributed by atoms with Gasteiger partial charge in [0.15, 0.2) is 12.2 Å². The zero-order chi connectivity index (χ0) is 77.9. The number of carbonyl (C=O) groups is 4. The van der Waals surface area contributed by atoms with Gasteiger partial charge in [0.2, 0.25) is 0 Å². The van der Waals surface area contributed by atoms with Crippen LogP contribution in [0.4, 0.5) is 0 Å². The van der Waals surface area contributed by atoms with Crippen LogP contribution in [0.3, 0.4) is 0 Å². The van der Waals surface area contributed by atoms with Crippen LogP contribution in [0.2, 0.25) is 0 Å². The summed E-state index contributed by atoms with van der Waals surface area (Å²) in [7, 11) is -9.92. The van der Waals surface area contributed by atoms with Crippen molar-refractivity contribution < 1.29 is 80.2 Å². The first-order chi connectivity index (χ1) is 51.3. The van der Waals surface area contributed by atoms with Crippen LogP contribution in [0.15, 0.2) is 0 Å². The molecule has 0 aliphatic rings. The molecule has 0 radical (unpaired) electrons. The normalized spacial score (nSPS) is 14.1. The average Bonchev–Trinajstić information content (AvgIpc) is 0.900. The summed E-state index contributed by atoms with van der Waals surface area (Å²) < 4.78 is 68.8. The lowest BCUT2D eigenvalue weighted by Gasteiger charge is -2.21. The lowest BCUT2D eigenvalue weighted by atomic mass is 9.99. The minimum atomic E-state index is -4.97. The predicted molar refractivity (Wildman–Crippen MR) is 437 cm³/mol. The van der Waals surface area contributed by atoms with Crippen molar-refractivity contribution in [3.8, 4) is 0 Å². The van der Waals surface area contributed by atoms with Crippen LogP contribution in [0, 0.1) is 17.8 Å². The van der Waals surface area contributed by atoms with Crippen LogP contribution in [-0.2, 0) is 65.4 Å². The quantitative estimate of drug-likeness (QED) is 0.0222. The van der Waals surface area contributed by atoms with E-state index in [2.05, 4.69) is 48.5 Å².